The molecule has 1 aromatic rings. The maximum absolute atomic E-state index is 13.5. The quantitative estimate of drug-likeness (QED) is 0.822. The Bertz CT molecular complexity index is 574. The van der Waals surface area contributed by atoms with E-state index in [9.17, 15) is 12.8 Å². The standard InChI is InChI=1S/C14H21FN2O2S/c1-3-4-7-17(11-5-6-11)20(18,19)12-8-10(2)14(15)13(16)9-12/h8-9,11H,3-7,16H2,1-2H3. The molecule has 1 saturated carbocycles. The molecule has 112 valence electrons. The first kappa shape index (κ1) is 15.3. The SMILES string of the molecule is CCCCN(C1CC1)S(=O)(=O)c1cc(C)c(F)c(N)c1. The van der Waals surface area contributed by atoms with E-state index in [0.717, 1.165) is 25.7 Å². The topological polar surface area (TPSA) is 63.4 Å². The van der Waals surface area contributed by atoms with Gasteiger partial charge in [-0.3, -0.25) is 0 Å². The number of halogens is 1. The Morgan fingerprint density at radius 1 is 1.40 bits per heavy atom. The molecule has 0 amide bonds. The lowest BCUT2D eigenvalue weighted by atomic mass is 10.2. The van der Waals surface area contributed by atoms with Crippen LogP contribution in [0.2, 0.25) is 0 Å². The lowest BCUT2D eigenvalue weighted by Gasteiger charge is -2.22. The fraction of sp³-hybridized carbons (Fsp3) is 0.571. The first-order valence-electron chi connectivity index (χ1n) is 6.95. The van der Waals surface area contributed by atoms with Crippen molar-refractivity contribution in [2.75, 3.05) is 12.3 Å². The van der Waals surface area contributed by atoms with Crippen LogP contribution in [0.5, 0.6) is 0 Å². The monoisotopic (exact) mass is 300 g/mol. The zero-order valence-corrected chi connectivity index (χ0v) is 12.7. The van der Waals surface area contributed by atoms with Crippen molar-refractivity contribution in [2.45, 2.75) is 50.5 Å². The van der Waals surface area contributed by atoms with Crippen LogP contribution in [0.1, 0.15) is 38.2 Å². The first-order chi connectivity index (χ1) is 9.37. The molecule has 1 aliphatic carbocycles. The summed E-state index contributed by atoms with van der Waals surface area (Å²) in [6.45, 7) is 4.07. The van der Waals surface area contributed by atoms with E-state index in [0.29, 0.717) is 6.54 Å². The predicted molar refractivity (Wildman–Crippen MR) is 77.4 cm³/mol. The molecule has 1 aromatic carbocycles. The largest absolute Gasteiger partial charge is 0.396 e. The second kappa shape index (κ2) is 5.69. The molecule has 2 N–H and O–H groups in total. The van der Waals surface area contributed by atoms with Gasteiger partial charge in [0.15, 0.2) is 0 Å². The third kappa shape index (κ3) is 2.96. The van der Waals surface area contributed by atoms with Crippen LogP contribution < -0.4 is 5.73 Å². The van der Waals surface area contributed by atoms with Crippen LogP contribution in [0.15, 0.2) is 17.0 Å². The zero-order chi connectivity index (χ0) is 14.9. The lowest BCUT2D eigenvalue weighted by Crippen LogP contribution is -2.34. The van der Waals surface area contributed by atoms with Crippen LogP contribution in [-0.2, 0) is 10.0 Å². The number of hydrogen-bond donors (Lipinski definition) is 1. The number of unbranched alkanes of at least 4 members (excludes halogenated alkanes) is 1. The molecule has 2 rings (SSSR count). The second-order valence-electron chi connectivity index (χ2n) is 5.34. The van der Waals surface area contributed by atoms with Gasteiger partial charge in [0, 0.05) is 12.6 Å². The summed E-state index contributed by atoms with van der Waals surface area (Å²) in [6.07, 6.45) is 3.56. The molecule has 4 nitrogen and oxygen atoms in total. The minimum atomic E-state index is -3.59. The Morgan fingerprint density at radius 3 is 2.55 bits per heavy atom. The van der Waals surface area contributed by atoms with Crippen molar-refractivity contribution in [3.8, 4) is 0 Å². The Morgan fingerprint density at radius 2 is 2.05 bits per heavy atom. The minimum Gasteiger partial charge on any atom is -0.396 e. The van der Waals surface area contributed by atoms with Crippen molar-refractivity contribution in [2.24, 2.45) is 0 Å². The molecule has 0 radical (unpaired) electrons. The second-order valence-corrected chi connectivity index (χ2v) is 7.23. The van der Waals surface area contributed by atoms with Crippen LogP contribution in [0, 0.1) is 12.7 Å². The summed E-state index contributed by atoms with van der Waals surface area (Å²) in [4.78, 5) is 0.0944. The van der Waals surface area contributed by atoms with Crippen molar-refractivity contribution in [3.63, 3.8) is 0 Å². The Balaban J connectivity index is 2.37. The summed E-state index contributed by atoms with van der Waals surface area (Å²) in [5.41, 5.74) is 5.70. The molecule has 0 aromatic heterocycles. The van der Waals surface area contributed by atoms with Crippen molar-refractivity contribution in [3.05, 3.63) is 23.5 Å². The van der Waals surface area contributed by atoms with E-state index in [1.807, 2.05) is 6.92 Å². The molecule has 1 aliphatic rings. The Kier molecular flexibility index (Phi) is 4.34. The van der Waals surface area contributed by atoms with Crippen LogP contribution in [0.4, 0.5) is 10.1 Å². The molecule has 20 heavy (non-hydrogen) atoms. The third-order valence-electron chi connectivity index (χ3n) is 3.55. The van der Waals surface area contributed by atoms with Gasteiger partial charge in [-0.15, -0.1) is 0 Å². The highest BCUT2D eigenvalue weighted by molar-refractivity contribution is 7.89. The van der Waals surface area contributed by atoms with E-state index < -0.39 is 15.8 Å². The predicted octanol–water partition coefficient (Wildman–Crippen LogP) is 2.67. The maximum Gasteiger partial charge on any atom is 0.243 e. The molecule has 0 saturated heterocycles. The van der Waals surface area contributed by atoms with Crippen LogP contribution in [0.3, 0.4) is 0 Å². The van der Waals surface area contributed by atoms with Gasteiger partial charge in [-0.1, -0.05) is 13.3 Å². The molecule has 0 heterocycles. The summed E-state index contributed by atoms with van der Waals surface area (Å²) in [7, 11) is -3.59. The number of sulfonamides is 1. The normalized spacial score (nSPS) is 15.8. The number of rotatable bonds is 6. The van der Waals surface area contributed by atoms with E-state index in [1.54, 1.807) is 4.31 Å². The fourth-order valence-corrected chi connectivity index (χ4v) is 4.07. The summed E-state index contributed by atoms with van der Waals surface area (Å²) in [6, 6.07) is 2.68. The highest BCUT2D eigenvalue weighted by Gasteiger charge is 2.37. The maximum atomic E-state index is 13.5. The molecular formula is C14H21FN2O2S. The van der Waals surface area contributed by atoms with Gasteiger partial charge in [0.2, 0.25) is 10.0 Å². The van der Waals surface area contributed by atoms with Crippen molar-refractivity contribution in [1.82, 2.24) is 4.31 Å². The molecular weight excluding hydrogens is 279 g/mol. The van der Waals surface area contributed by atoms with Gasteiger partial charge >= 0.3 is 0 Å². The number of benzene rings is 1. The number of hydrogen-bond acceptors (Lipinski definition) is 3. The van der Waals surface area contributed by atoms with E-state index in [4.69, 9.17) is 5.73 Å². The van der Waals surface area contributed by atoms with Crippen molar-refractivity contribution in [1.29, 1.82) is 0 Å². The van der Waals surface area contributed by atoms with E-state index in [2.05, 4.69) is 0 Å². The number of aryl methyl sites for hydroxylation is 1. The van der Waals surface area contributed by atoms with Gasteiger partial charge in [-0.05, 0) is 43.9 Å². The Labute approximate surface area is 119 Å². The van der Waals surface area contributed by atoms with Gasteiger partial charge in [0.1, 0.15) is 5.82 Å². The Hall–Kier alpha value is -1.14. The van der Waals surface area contributed by atoms with Gasteiger partial charge in [-0.2, -0.15) is 4.31 Å². The van der Waals surface area contributed by atoms with Gasteiger partial charge in [-0.25, -0.2) is 12.8 Å². The average Bonchev–Trinajstić information content (AvgIpc) is 3.20. The summed E-state index contributed by atoms with van der Waals surface area (Å²) in [5, 5.41) is 0. The fourth-order valence-electron chi connectivity index (χ4n) is 2.22. The lowest BCUT2D eigenvalue weighted by molar-refractivity contribution is 0.395. The molecule has 0 bridgehead atoms. The van der Waals surface area contributed by atoms with Crippen LogP contribution in [0.25, 0.3) is 0 Å². The van der Waals surface area contributed by atoms with E-state index in [1.165, 1.54) is 19.1 Å². The summed E-state index contributed by atoms with van der Waals surface area (Å²) < 4.78 is 40.5. The molecule has 0 unspecified atom stereocenters. The molecule has 1 fully saturated rings. The van der Waals surface area contributed by atoms with E-state index >= 15 is 0 Å². The highest BCUT2D eigenvalue weighted by Crippen LogP contribution is 2.33. The summed E-state index contributed by atoms with van der Waals surface area (Å²) >= 11 is 0. The van der Waals surface area contributed by atoms with Crippen LogP contribution >= 0.6 is 0 Å². The molecule has 0 atom stereocenters. The van der Waals surface area contributed by atoms with Crippen molar-refractivity contribution >= 4 is 15.7 Å². The molecule has 0 aliphatic heterocycles. The number of anilines is 1. The van der Waals surface area contributed by atoms with Gasteiger partial charge in [0.05, 0.1) is 10.6 Å². The minimum absolute atomic E-state index is 0.0944. The smallest absolute Gasteiger partial charge is 0.243 e. The highest BCUT2D eigenvalue weighted by atomic mass is 32.2. The van der Waals surface area contributed by atoms with Gasteiger partial charge in [0.25, 0.3) is 0 Å². The van der Waals surface area contributed by atoms with Gasteiger partial charge < -0.3 is 5.73 Å². The number of nitrogen functional groups attached to an aromatic ring is 1. The first-order valence-corrected chi connectivity index (χ1v) is 8.39. The summed E-state index contributed by atoms with van der Waals surface area (Å²) in [5.74, 6) is -0.546. The number of nitrogens with two attached hydrogens (primary N) is 1. The van der Waals surface area contributed by atoms with Crippen LogP contribution in [-0.4, -0.2) is 25.3 Å². The number of nitrogens with zero attached hydrogens (tertiary/aromatic N) is 1. The van der Waals surface area contributed by atoms with Crippen molar-refractivity contribution < 1.29 is 12.8 Å². The van der Waals surface area contributed by atoms with E-state index in [-0.39, 0.29) is 22.2 Å². The third-order valence-corrected chi connectivity index (χ3v) is 5.48. The average molecular weight is 300 g/mol. The zero-order valence-electron chi connectivity index (χ0n) is 11.9. The molecule has 6 heteroatoms. The molecule has 0 spiro atoms.